The Bertz CT molecular complexity index is 1080. The summed E-state index contributed by atoms with van der Waals surface area (Å²) in [6.07, 6.45) is 65.5. The first-order valence-corrected chi connectivity index (χ1v) is 33.0. The number of carbonyl (C=O) groups excluding carboxylic acids is 4. The number of carboxylic acid groups (broad SMARTS) is 2. The molecule has 0 aromatic rings. The SMILES string of the molecule is CCCCCCCCCCCCCCC(=O)OC(CCC)CCCCCCCCCCCCCC(=O)[O-].CCCCCCCCCCCCCCC(=O)OC(CCC)CCCCCCCCCCCCCC(=O)[O-].[Zn+2]. The molecule has 0 spiro atoms. The normalized spacial score (nSPS) is 11.9. The maximum Gasteiger partial charge on any atom is 2.00 e. The van der Waals surface area contributed by atoms with E-state index in [1.807, 2.05) is 0 Å². The van der Waals surface area contributed by atoms with E-state index in [0.29, 0.717) is 12.8 Å². The molecule has 2 unspecified atom stereocenters. The van der Waals surface area contributed by atoms with Crippen molar-refractivity contribution in [2.75, 3.05) is 0 Å². The molecule has 0 fully saturated rings. The first-order valence-electron chi connectivity index (χ1n) is 33.0. The van der Waals surface area contributed by atoms with Crippen molar-refractivity contribution in [3.8, 4) is 0 Å². The molecule has 0 saturated heterocycles. The molecule has 9 heteroatoms. The van der Waals surface area contributed by atoms with Crippen molar-refractivity contribution in [3.63, 3.8) is 0 Å². The smallest absolute Gasteiger partial charge is 0.550 e. The number of hydrogen-bond acceptors (Lipinski definition) is 8. The summed E-state index contributed by atoms with van der Waals surface area (Å²) in [5.41, 5.74) is 0. The standard InChI is InChI=1S/2C33H64O4.Zn/c2*1-3-5-6-7-8-9-10-14-17-20-23-26-30-33(36)37-31(27-4-2)28-24-21-18-15-12-11-13-16-19-22-25-29-32(34)35;/h2*31H,3-30H2,1-2H3,(H,34,35);/q;;+2/p-2. The van der Waals surface area contributed by atoms with Gasteiger partial charge in [0.05, 0.1) is 0 Å². The number of carbonyl (C=O) groups is 4. The minimum absolute atomic E-state index is 0. The molecule has 0 rings (SSSR count). The Kier molecular flexibility index (Phi) is 69.2. The van der Waals surface area contributed by atoms with E-state index in [2.05, 4.69) is 27.7 Å². The third-order valence-electron chi connectivity index (χ3n) is 15.1. The molecule has 0 aliphatic rings. The van der Waals surface area contributed by atoms with E-state index < -0.39 is 11.9 Å². The van der Waals surface area contributed by atoms with Gasteiger partial charge in [-0.05, 0) is 77.0 Å². The molecule has 0 heterocycles. The Morgan fingerprint density at radius 2 is 0.440 bits per heavy atom. The Balaban J connectivity index is -0.00000136. The van der Waals surface area contributed by atoms with Crippen molar-refractivity contribution in [2.24, 2.45) is 0 Å². The van der Waals surface area contributed by atoms with Crippen LogP contribution in [0.4, 0.5) is 0 Å². The Hall–Kier alpha value is -1.50. The summed E-state index contributed by atoms with van der Waals surface area (Å²) in [5, 5.41) is 20.8. The van der Waals surface area contributed by atoms with Gasteiger partial charge in [-0.15, -0.1) is 0 Å². The Labute approximate surface area is 479 Å². The van der Waals surface area contributed by atoms with Crippen molar-refractivity contribution in [1.29, 1.82) is 0 Å². The van der Waals surface area contributed by atoms with Crippen LogP contribution in [-0.4, -0.2) is 36.1 Å². The molecule has 0 aromatic carbocycles. The quantitative estimate of drug-likeness (QED) is 0.0334. The van der Waals surface area contributed by atoms with E-state index in [1.54, 1.807) is 0 Å². The van der Waals surface area contributed by atoms with Crippen LogP contribution in [0.3, 0.4) is 0 Å². The zero-order chi connectivity index (χ0) is 54.5. The van der Waals surface area contributed by atoms with Crippen LogP contribution in [0.25, 0.3) is 0 Å². The van der Waals surface area contributed by atoms with Crippen LogP contribution >= 0.6 is 0 Å². The van der Waals surface area contributed by atoms with Gasteiger partial charge >= 0.3 is 31.4 Å². The molecule has 0 aliphatic carbocycles. The van der Waals surface area contributed by atoms with Gasteiger partial charge in [-0.25, -0.2) is 0 Å². The maximum absolute atomic E-state index is 12.3. The topological polar surface area (TPSA) is 133 Å². The van der Waals surface area contributed by atoms with E-state index in [9.17, 15) is 29.4 Å². The molecule has 0 saturated carbocycles. The van der Waals surface area contributed by atoms with Gasteiger partial charge in [0.1, 0.15) is 12.2 Å². The fourth-order valence-electron chi connectivity index (χ4n) is 10.3. The van der Waals surface area contributed by atoms with Gasteiger partial charge in [-0.1, -0.05) is 297 Å². The Morgan fingerprint density at radius 3 is 0.640 bits per heavy atom. The number of rotatable bonds is 60. The number of unbranched alkanes of at least 4 members (excludes halogenated alkanes) is 42. The van der Waals surface area contributed by atoms with Crippen molar-refractivity contribution in [1.82, 2.24) is 0 Å². The van der Waals surface area contributed by atoms with Crippen LogP contribution < -0.4 is 10.2 Å². The van der Waals surface area contributed by atoms with Gasteiger partial charge in [0, 0.05) is 24.8 Å². The average Bonchev–Trinajstić information content (AvgIpc) is 3.37. The predicted molar refractivity (Wildman–Crippen MR) is 311 cm³/mol. The molecule has 0 bridgehead atoms. The van der Waals surface area contributed by atoms with Gasteiger partial charge in [-0.3, -0.25) is 9.59 Å². The molecule has 0 aliphatic heterocycles. The third kappa shape index (κ3) is 68.6. The number of carboxylic acids is 2. The monoisotopic (exact) mass is 1110 g/mol. The largest absolute Gasteiger partial charge is 2.00 e. The summed E-state index contributed by atoms with van der Waals surface area (Å²) in [5.74, 6) is -1.81. The summed E-state index contributed by atoms with van der Waals surface area (Å²) in [6.45, 7) is 8.90. The molecular weight excluding hydrogens is 986 g/mol. The van der Waals surface area contributed by atoms with Crippen LogP contribution in [0.15, 0.2) is 0 Å². The molecule has 0 N–H and O–H groups in total. The summed E-state index contributed by atoms with van der Waals surface area (Å²) in [4.78, 5) is 45.4. The number of esters is 2. The van der Waals surface area contributed by atoms with Crippen molar-refractivity contribution in [2.45, 2.75) is 399 Å². The number of hydrogen-bond donors (Lipinski definition) is 0. The van der Waals surface area contributed by atoms with Gasteiger partial charge in [0.15, 0.2) is 0 Å². The molecule has 440 valence electrons. The van der Waals surface area contributed by atoms with Gasteiger partial charge in [0.2, 0.25) is 0 Å². The van der Waals surface area contributed by atoms with Crippen LogP contribution in [0.2, 0.25) is 0 Å². The molecule has 0 amide bonds. The summed E-state index contributed by atoms with van der Waals surface area (Å²) in [7, 11) is 0. The number of ether oxygens (including phenoxy) is 2. The zero-order valence-corrected chi connectivity index (χ0v) is 53.7. The fourth-order valence-corrected chi connectivity index (χ4v) is 10.3. The van der Waals surface area contributed by atoms with Gasteiger partial charge < -0.3 is 29.3 Å². The van der Waals surface area contributed by atoms with Crippen molar-refractivity contribution in [3.05, 3.63) is 0 Å². The first kappa shape index (κ1) is 77.7. The fraction of sp³-hybridized carbons (Fsp3) is 0.939. The molecule has 2 atom stereocenters. The minimum atomic E-state index is -0.922. The first-order chi connectivity index (χ1) is 36.2. The molecule has 75 heavy (non-hydrogen) atoms. The van der Waals surface area contributed by atoms with E-state index in [4.69, 9.17) is 9.47 Å². The number of aliphatic carboxylic acids is 2. The van der Waals surface area contributed by atoms with Gasteiger partial charge in [0.25, 0.3) is 0 Å². The molecular formula is C66H126O8Zn. The van der Waals surface area contributed by atoms with Crippen LogP contribution in [0.1, 0.15) is 387 Å². The van der Waals surface area contributed by atoms with E-state index in [0.717, 1.165) is 116 Å². The van der Waals surface area contributed by atoms with Crippen LogP contribution in [0.5, 0.6) is 0 Å². The van der Waals surface area contributed by atoms with Crippen molar-refractivity contribution < 1.29 is 58.3 Å². The minimum Gasteiger partial charge on any atom is -0.550 e. The maximum atomic E-state index is 12.3. The van der Waals surface area contributed by atoms with E-state index in [1.165, 1.54) is 218 Å². The van der Waals surface area contributed by atoms with E-state index in [-0.39, 0.29) is 56.5 Å². The van der Waals surface area contributed by atoms with E-state index >= 15 is 0 Å². The summed E-state index contributed by atoms with van der Waals surface area (Å²) >= 11 is 0. The second-order valence-electron chi connectivity index (χ2n) is 22.7. The summed E-state index contributed by atoms with van der Waals surface area (Å²) < 4.78 is 11.7. The van der Waals surface area contributed by atoms with Gasteiger partial charge in [-0.2, -0.15) is 0 Å². The third-order valence-corrected chi connectivity index (χ3v) is 15.1. The molecule has 0 radical (unpaired) electrons. The average molecular weight is 1110 g/mol. The second kappa shape index (κ2) is 66.8. The summed E-state index contributed by atoms with van der Waals surface area (Å²) in [6, 6.07) is 0. The second-order valence-corrected chi connectivity index (χ2v) is 22.7. The zero-order valence-electron chi connectivity index (χ0n) is 50.7. The van der Waals surface area contributed by atoms with Crippen molar-refractivity contribution >= 4 is 23.9 Å². The molecule has 0 aromatic heterocycles. The molecule has 8 nitrogen and oxygen atoms in total. The predicted octanol–water partition coefficient (Wildman–Crippen LogP) is 19.2. The van der Waals surface area contributed by atoms with Crippen LogP contribution in [-0.2, 0) is 48.1 Å². The van der Waals surface area contributed by atoms with Crippen LogP contribution in [0, 0.1) is 0 Å². The Morgan fingerprint density at radius 1 is 0.253 bits per heavy atom.